The van der Waals surface area contributed by atoms with Crippen LogP contribution in [0, 0.1) is 0 Å². The van der Waals surface area contributed by atoms with Gasteiger partial charge in [0.25, 0.3) is 5.91 Å². The van der Waals surface area contributed by atoms with Gasteiger partial charge in [-0.1, -0.05) is 42.5 Å². The number of carbonyl (C=O) groups excluding carboxylic acids is 1. The minimum atomic E-state index is -0.169. The maximum atomic E-state index is 13.0. The first kappa shape index (κ1) is 16.4. The van der Waals surface area contributed by atoms with Gasteiger partial charge >= 0.3 is 0 Å². The fourth-order valence-electron chi connectivity index (χ4n) is 3.63. The van der Waals surface area contributed by atoms with Gasteiger partial charge < -0.3 is 9.64 Å². The Morgan fingerprint density at radius 2 is 1.77 bits per heavy atom. The number of benzene rings is 2. The third-order valence-corrected chi connectivity index (χ3v) is 4.84. The van der Waals surface area contributed by atoms with Gasteiger partial charge in [0.15, 0.2) is 0 Å². The third kappa shape index (κ3) is 2.47. The first-order chi connectivity index (χ1) is 12.6. The number of fused-ring (bicyclic) bond motifs is 1. The van der Waals surface area contributed by atoms with Crippen molar-refractivity contribution >= 4 is 5.91 Å². The van der Waals surface area contributed by atoms with Crippen LogP contribution in [0.25, 0.3) is 11.3 Å². The number of rotatable bonds is 4. The highest BCUT2D eigenvalue weighted by atomic mass is 16.5. The third-order valence-electron chi connectivity index (χ3n) is 4.84. The quantitative estimate of drug-likeness (QED) is 0.775. The van der Waals surface area contributed by atoms with Gasteiger partial charge in [0.05, 0.1) is 18.8 Å². The van der Waals surface area contributed by atoms with E-state index in [-0.39, 0.29) is 18.0 Å². The zero-order valence-electron chi connectivity index (χ0n) is 15.1. The van der Waals surface area contributed by atoms with Crippen LogP contribution < -0.4 is 4.74 Å². The second-order valence-electron chi connectivity index (χ2n) is 6.71. The van der Waals surface area contributed by atoms with E-state index in [1.807, 2.05) is 73.3 Å². The molecule has 5 heteroatoms. The Labute approximate surface area is 152 Å². The highest BCUT2D eigenvalue weighted by molar-refractivity contribution is 6.00. The highest BCUT2D eigenvalue weighted by Gasteiger charge is 2.43. The van der Waals surface area contributed by atoms with Crippen LogP contribution in [0.15, 0.2) is 54.6 Å². The molecule has 2 heterocycles. The number of hydrogen-bond donors (Lipinski definition) is 1. The van der Waals surface area contributed by atoms with Crippen molar-refractivity contribution in [1.29, 1.82) is 0 Å². The molecule has 0 aliphatic carbocycles. The number of aromatic amines is 1. The molecule has 1 atom stereocenters. The number of ether oxygens (including phenoxy) is 1. The van der Waals surface area contributed by atoms with Crippen molar-refractivity contribution in [2.24, 2.45) is 0 Å². The van der Waals surface area contributed by atoms with Crippen LogP contribution >= 0.6 is 0 Å². The number of amides is 1. The van der Waals surface area contributed by atoms with E-state index < -0.39 is 0 Å². The monoisotopic (exact) mass is 347 g/mol. The molecule has 1 unspecified atom stereocenters. The summed E-state index contributed by atoms with van der Waals surface area (Å²) in [6.07, 6.45) is 0. The lowest BCUT2D eigenvalue weighted by Gasteiger charge is -2.30. The SMILES string of the molecule is COc1ccc(C2c3c(-c4ccccc4)n[nH]c3C(=O)N2C(C)C)cc1. The van der Waals surface area contributed by atoms with Gasteiger partial charge in [0, 0.05) is 17.2 Å². The molecular weight excluding hydrogens is 326 g/mol. The molecule has 0 bridgehead atoms. The molecule has 0 spiro atoms. The summed E-state index contributed by atoms with van der Waals surface area (Å²) in [6.45, 7) is 4.08. The molecule has 0 fully saturated rings. The molecule has 1 aromatic heterocycles. The average Bonchev–Trinajstić information content (AvgIpc) is 3.22. The van der Waals surface area contributed by atoms with Crippen molar-refractivity contribution in [2.45, 2.75) is 25.9 Å². The summed E-state index contributed by atoms with van der Waals surface area (Å²) in [5.74, 6) is 0.787. The summed E-state index contributed by atoms with van der Waals surface area (Å²) in [5, 5.41) is 7.44. The lowest BCUT2D eigenvalue weighted by Crippen LogP contribution is -2.35. The van der Waals surface area contributed by atoms with Gasteiger partial charge in [-0.3, -0.25) is 9.89 Å². The van der Waals surface area contributed by atoms with Crippen molar-refractivity contribution in [3.05, 3.63) is 71.4 Å². The molecule has 26 heavy (non-hydrogen) atoms. The summed E-state index contributed by atoms with van der Waals surface area (Å²) in [7, 11) is 1.65. The van der Waals surface area contributed by atoms with Crippen LogP contribution in [0.4, 0.5) is 0 Å². The summed E-state index contributed by atoms with van der Waals surface area (Å²) < 4.78 is 5.28. The number of nitrogens with zero attached hydrogens (tertiary/aromatic N) is 2. The first-order valence-corrected chi connectivity index (χ1v) is 8.72. The fourth-order valence-corrected chi connectivity index (χ4v) is 3.63. The number of aromatic nitrogens is 2. The lowest BCUT2D eigenvalue weighted by atomic mass is 9.95. The van der Waals surface area contributed by atoms with E-state index in [0.29, 0.717) is 5.69 Å². The molecule has 1 N–H and O–H groups in total. The molecule has 1 aliphatic heterocycles. The van der Waals surface area contributed by atoms with Crippen LogP contribution in [0.2, 0.25) is 0 Å². The second-order valence-corrected chi connectivity index (χ2v) is 6.71. The Morgan fingerprint density at radius 1 is 1.08 bits per heavy atom. The summed E-state index contributed by atoms with van der Waals surface area (Å²) in [4.78, 5) is 14.9. The molecule has 1 amide bonds. The van der Waals surface area contributed by atoms with Gasteiger partial charge in [0.2, 0.25) is 0 Å². The Balaban J connectivity index is 1.89. The molecule has 2 aromatic carbocycles. The zero-order chi connectivity index (χ0) is 18.3. The Morgan fingerprint density at radius 3 is 2.38 bits per heavy atom. The molecule has 132 valence electrons. The number of carbonyl (C=O) groups is 1. The van der Waals surface area contributed by atoms with Crippen molar-refractivity contribution in [3.8, 4) is 17.0 Å². The van der Waals surface area contributed by atoms with Gasteiger partial charge in [-0.2, -0.15) is 5.10 Å². The zero-order valence-corrected chi connectivity index (χ0v) is 15.1. The highest BCUT2D eigenvalue weighted by Crippen LogP contribution is 2.43. The van der Waals surface area contributed by atoms with E-state index in [2.05, 4.69) is 10.2 Å². The Kier molecular flexibility index (Phi) is 3.99. The Bertz CT molecular complexity index is 930. The van der Waals surface area contributed by atoms with Crippen LogP contribution in [0.5, 0.6) is 5.75 Å². The minimum absolute atomic E-state index is 0.00880. The number of nitrogens with one attached hydrogen (secondary N) is 1. The molecule has 3 aromatic rings. The summed E-state index contributed by atoms with van der Waals surface area (Å²) in [5.41, 5.74) is 4.41. The summed E-state index contributed by atoms with van der Waals surface area (Å²) in [6, 6.07) is 17.8. The predicted octanol–water partition coefficient (Wildman–Crippen LogP) is 4.04. The molecule has 0 radical (unpaired) electrons. The van der Waals surface area contributed by atoms with Crippen LogP contribution in [-0.4, -0.2) is 34.2 Å². The number of methoxy groups -OCH3 is 1. The number of H-pyrrole nitrogens is 1. The van der Waals surface area contributed by atoms with Gasteiger partial charge in [0.1, 0.15) is 11.4 Å². The van der Waals surface area contributed by atoms with E-state index >= 15 is 0 Å². The van der Waals surface area contributed by atoms with E-state index in [9.17, 15) is 4.79 Å². The van der Waals surface area contributed by atoms with E-state index in [4.69, 9.17) is 4.74 Å². The molecule has 1 aliphatic rings. The van der Waals surface area contributed by atoms with E-state index in [1.165, 1.54) is 0 Å². The molecule has 5 nitrogen and oxygen atoms in total. The largest absolute Gasteiger partial charge is 0.497 e. The summed E-state index contributed by atoms with van der Waals surface area (Å²) >= 11 is 0. The molecule has 4 rings (SSSR count). The standard InChI is InChI=1S/C21H21N3O2/c1-13(2)24-20(15-9-11-16(26-3)12-10-15)17-18(14-7-5-4-6-8-14)22-23-19(17)21(24)25/h4-13,20H,1-3H3,(H,22,23). The van der Waals surface area contributed by atoms with Crippen LogP contribution in [0.3, 0.4) is 0 Å². The minimum Gasteiger partial charge on any atom is -0.497 e. The van der Waals surface area contributed by atoms with Gasteiger partial charge in [-0.05, 0) is 31.5 Å². The van der Waals surface area contributed by atoms with E-state index in [0.717, 1.165) is 28.1 Å². The number of hydrogen-bond acceptors (Lipinski definition) is 3. The first-order valence-electron chi connectivity index (χ1n) is 8.72. The van der Waals surface area contributed by atoms with E-state index in [1.54, 1.807) is 7.11 Å². The van der Waals surface area contributed by atoms with Crippen molar-refractivity contribution in [2.75, 3.05) is 7.11 Å². The van der Waals surface area contributed by atoms with Crippen LogP contribution in [0.1, 0.15) is 41.5 Å². The predicted molar refractivity (Wildman–Crippen MR) is 100 cm³/mol. The van der Waals surface area contributed by atoms with Crippen LogP contribution in [-0.2, 0) is 0 Å². The van der Waals surface area contributed by atoms with Gasteiger partial charge in [-0.25, -0.2) is 0 Å². The fraction of sp³-hybridized carbons (Fsp3) is 0.238. The average molecular weight is 347 g/mol. The molecule has 0 saturated carbocycles. The van der Waals surface area contributed by atoms with Crippen molar-refractivity contribution in [1.82, 2.24) is 15.1 Å². The molecule has 0 saturated heterocycles. The smallest absolute Gasteiger partial charge is 0.273 e. The van der Waals surface area contributed by atoms with Gasteiger partial charge in [-0.15, -0.1) is 0 Å². The van der Waals surface area contributed by atoms with Crippen molar-refractivity contribution < 1.29 is 9.53 Å². The molecular formula is C21H21N3O2. The Hall–Kier alpha value is -3.08. The normalized spacial score (nSPS) is 16.2. The maximum Gasteiger partial charge on any atom is 0.273 e. The topological polar surface area (TPSA) is 58.2 Å². The lowest BCUT2D eigenvalue weighted by molar-refractivity contribution is 0.0688. The second kappa shape index (κ2) is 6.33. The maximum absolute atomic E-state index is 13.0. The van der Waals surface area contributed by atoms with Crippen molar-refractivity contribution in [3.63, 3.8) is 0 Å².